The lowest BCUT2D eigenvalue weighted by molar-refractivity contribution is -0.123. The van der Waals surface area contributed by atoms with Crippen molar-refractivity contribution in [1.29, 1.82) is 5.26 Å². The number of nitriles is 1. The van der Waals surface area contributed by atoms with Crippen LogP contribution in [0.4, 0.5) is 5.00 Å². The monoisotopic (exact) mass is 347 g/mol. The van der Waals surface area contributed by atoms with Gasteiger partial charge in [0.2, 0.25) is 0 Å². The molecule has 1 unspecified atom stereocenters. The summed E-state index contributed by atoms with van der Waals surface area (Å²) in [5, 5.41) is 14.2. The number of anilines is 1. The van der Waals surface area contributed by atoms with Crippen molar-refractivity contribution in [2.24, 2.45) is 0 Å². The first kappa shape index (κ1) is 17.0. The van der Waals surface area contributed by atoms with Crippen molar-refractivity contribution in [3.8, 4) is 6.07 Å². The Labute approximate surface area is 141 Å². The van der Waals surface area contributed by atoms with Gasteiger partial charge in [0, 0.05) is 6.20 Å². The molecular formula is C15H13N3O3S2. The lowest BCUT2D eigenvalue weighted by Gasteiger charge is -2.13. The zero-order valence-electron chi connectivity index (χ0n) is 12.4. The van der Waals surface area contributed by atoms with Crippen LogP contribution >= 0.6 is 23.1 Å². The van der Waals surface area contributed by atoms with Crippen molar-refractivity contribution in [1.82, 2.24) is 4.98 Å². The van der Waals surface area contributed by atoms with Crippen molar-refractivity contribution < 1.29 is 14.3 Å². The molecule has 0 fully saturated rings. The van der Waals surface area contributed by atoms with Crippen LogP contribution in [-0.2, 0) is 9.53 Å². The third-order valence-electron chi connectivity index (χ3n) is 2.86. The first-order valence-electron chi connectivity index (χ1n) is 6.55. The number of ether oxygens (including phenoxy) is 1. The Balaban J connectivity index is 2.03. The van der Waals surface area contributed by atoms with Gasteiger partial charge in [0.15, 0.2) is 6.10 Å². The fourth-order valence-corrected chi connectivity index (χ4v) is 2.97. The molecule has 0 bridgehead atoms. The number of carbonyl (C=O) groups excluding carboxylic acids is 2. The van der Waals surface area contributed by atoms with E-state index in [1.807, 2.05) is 6.07 Å². The minimum Gasteiger partial charge on any atom is -0.449 e. The Morgan fingerprint density at radius 3 is 2.96 bits per heavy atom. The van der Waals surface area contributed by atoms with Crippen LogP contribution in [0.25, 0.3) is 0 Å². The number of amides is 1. The molecular weight excluding hydrogens is 334 g/mol. The largest absolute Gasteiger partial charge is 0.449 e. The van der Waals surface area contributed by atoms with Gasteiger partial charge in [-0.3, -0.25) is 4.79 Å². The second-order valence-corrected chi connectivity index (χ2v) is 6.08. The van der Waals surface area contributed by atoms with E-state index in [9.17, 15) is 9.59 Å². The first-order valence-corrected chi connectivity index (χ1v) is 8.65. The lowest BCUT2D eigenvalue weighted by atomic mass is 10.3. The molecule has 0 spiro atoms. The number of nitrogens with zero attached hydrogens (tertiary/aromatic N) is 2. The molecule has 0 aliphatic heterocycles. The van der Waals surface area contributed by atoms with Crippen LogP contribution in [0.5, 0.6) is 0 Å². The second-order valence-electron chi connectivity index (χ2n) is 4.37. The molecule has 1 amide bonds. The standard InChI is InChI=1S/C15H13N3O3S2/c1-9(12(19)18-13-10(8-16)5-7-23-13)21-15(20)11-4-3-6-17-14(11)22-2/h3-7,9H,1-2H3,(H,18,19). The van der Waals surface area contributed by atoms with E-state index in [1.54, 1.807) is 36.0 Å². The van der Waals surface area contributed by atoms with Crippen molar-refractivity contribution in [3.63, 3.8) is 0 Å². The van der Waals surface area contributed by atoms with Gasteiger partial charge in [0.05, 0.1) is 11.1 Å². The Bertz CT molecular complexity index is 767. The predicted octanol–water partition coefficient (Wildman–Crippen LogP) is 2.92. The lowest BCUT2D eigenvalue weighted by Crippen LogP contribution is -2.30. The number of thiophene rings is 1. The second kappa shape index (κ2) is 7.76. The van der Waals surface area contributed by atoms with E-state index >= 15 is 0 Å². The third-order valence-corrected chi connectivity index (χ3v) is 4.40. The van der Waals surface area contributed by atoms with Gasteiger partial charge in [0.25, 0.3) is 5.91 Å². The zero-order valence-corrected chi connectivity index (χ0v) is 14.0. The van der Waals surface area contributed by atoms with Gasteiger partial charge in [0.1, 0.15) is 16.1 Å². The predicted molar refractivity (Wildman–Crippen MR) is 88.6 cm³/mol. The highest BCUT2D eigenvalue weighted by Crippen LogP contribution is 2.23. The van der Waals surface area contributed by atoms with E-state index in [0.29, 0.717) is 21.2 Å². The van der Waals surface area contributed by atoms with E-state index in [0.717, 1.165) is 0 Å². The van der Waals surface area contributed by atoms with Crippen molar-refractivity contribution >= 4 is 40.0 Å². The summed E-state index contributed by atoms with van der Waals surface area (Å²) in [5.41, 5.74) is 0.687. The SMILES string of the molecule is CSc1ncccc1C(=O)OC(C)C(=O)Nc1sccc1C#N. The molecule has 1 N–H and O–H groups in total. The maximum Gasteiger partial charge on any atom is 0.341 e. The van der Waals surface area contributed by atoms with Crippen molar-refractivity contribution in [2.45, 2.75) is 18.1 Å². The summed E-state index contributed by atoms with van der Waals surface area (Å²) in [7, 11) is 0. The van der Waals surface area contributed by atoms with Gasteiger partial charge in [-0.15, -0.1) is 23.1 Å². The van der Waals surface area contributed by atoms with Crippen LogP contribution in [0, 0.1) is 11.3 Å². The molecule has 2 aromatic heterocycles. The molecule has 8 heteroatoms. The number of aromatic nitrogens is 1. The van der Waals surface area contributed by atoms with Gasteiger partial charge < -0.3 is 10.1 Å². The highest BCUT2D eigenvalue weighted by atomic mass is 32.2. The Morgan fingerprint density at radius 2 is 2.26 bits per heavy atom. The van der Waals surface area contributed by atoms with E-state index in [1.165, 1.54) is 30.0 Å². The zero-order chi connectivity index (χ0) is 16.8. The van der Waals surface area contributed by atoms with E-state index in [-0.39, 0.29) is 0 Å². The summed E-state index contributed by atoms with van der Waals surface area (Å²) >= 11 is 2.55. The fraction of sp³-hybridized carbons (Fsp3) is 0.200. The van der Waals surface area contributed by atoms with E-state index in [4.69, 9.17) is 10.00 Å². The van der Waals surface area contributed by atoms with Gasteiger partial charge in [-0.1, -0.05) is 0 Å². The Hall–Kier alpha value is -2.37. The summed E-state index contributed by atoms with van der Waals surface area (Å²) in [5.74, 6) is -1.11. The number of hydrogen-bond acceptors (Lipinski definition) is 7. The highest BCUT2D eigenvalue weighted by molar-refractivity contribution is 7.98. The van der Waals surface area contributed by atoms with Gasteiger partial charge in [-0.05, 0) is 36.8 Å². The molecule has 2 heterocycles. The van der Waals surface area contributed by atoms with Crippen LogP contribution in [-0.4, -0.2) is 29.2 Å². The number of thioether (sulfide) groups is 1. The molecule has 118 valence electrons. The molecule has 0 aromatic carbocycles. The van der Waals surface area contributed by atoms with E-state index in [2.05, 4.69) is 10.3 Å². The fourth-order valence-electron chi connectivity index (χ4n) is 1.69. The molecule has 23 heavy (non-hydrogen) atoms. The van der Waals surface area contributed by atoms with Crippen LogP contribution in [0.1, 0.15) is 22.8 Å². The average Bonchev–Trinajstić information content (AvgIpc) is 3.01. The minimum absolute atomic E-state index is 0.313. The Kier molecular flexibility index (Phi) is 5.73. The number of esters is 1. The molecule has 6 nitrogen and oxygen atoms in total. The maximum absolute atomic E-state index is 12.2. The third kappa shape index (κ3) is 4.09. The van der Waals surface area contributed by atoms with Gasteiger partial charge >= 0.3 is 5.97 Å². The summed E-state index contributed by atoms with van der Waals surface area (Å²) in [6.07, 6.45) is 2.39. The topological polar surface area (TPSA) is 92.1 Å². The quantitative estimate of drug-likeness (QED) is 0.660. The highest BCUT2D eigenvalue weighted by Gasteiger charge is 2.22. The summed E-state index contributed by atoms with van der Waals surface area (Å²) in [6, 6.07) is 6.81. The van der Waals surface area contributed by atoms with Crippen LogP contribution in [0.2, 0.25) is 0 Å². The number of carbonyl (C=O) groups is 2. The average molecular weight is 347 g/mol. The van der Waals surface area contributed by atoms with Crippen LogP contribution in [0.15, 0.2) is 34.8 Å². The Morgan fingerprint density at radius 1 is 1.48 bits per heavy atom. The maximum atomic E-state index is 12.2. The molecule has 0 saturated heterocycles. The summed E-state index contributed by atoms with van der Waals surface area (Å²) in [4.78, 5) is 28.3. The van der Waals surface area contributed by atoms with Crippen molar-refractivity contribution in [3.05, 3.63) is 40.9 Å². The van der Waals surface area contributed by atoms with Gasteiger partial charge in [-0.2, -0.15) is 5.26 Å². The molecule has 1 atom stereocenters. The number of rotatable bonds is 5. The molecule has 2 rings (SSSR count). The summed E-state index contributed by atoms with van der Waals surface area (Å²) in [6.45, 7) is 1.47. The number of pyridine rings is 1. The van der Waals surface area contributed by atoms with Gasteiger partial charge in [-0.25, -0.2) is 9.78 Å². The minimum atomic E-state index is -0.994. The normalized spacial score (nSPS) is 11.3. The van der Waals surface area contributed by atoms with Crippen LogP contribution in [0.3, 0.4) is 0 Å². The van der Waals surface area contributed by atoms with Crippen molar-refractivity contribution in [2.75, 3.05) is 11.6 Å². The summed E-state index contributed by atoms with van der Waals surface area (Å²) < 4.78 is 5.18. The number of hydrogen-bond donors (Lipinski definition) is 1. The molecule has 0 aliphatic rings. The smallest absolute Gasteiger partial charge is 0.341 e. The molecule has 0 aliphatic carbocycles. The number of nitrogens with one attached hydrogen (secondary N) is 1. The van der Waals surface area contributed by atoms with Crippen LogP contribution < -0.4 is 5.32 Å². The first-order chi connectivity index (χ1) is 11.1. The molecule has 0 saturated carbocycles. The molecule has 0 radical (unpaired) electrons. The molecule has 2 aromatic rings. The van der Waals surface area contributed by atoms with E-state index < -0.39 is 18.0 Å².